The fourth-order valence-electron chi connectivity index (χ4n) is 1.81. The third-order valence-corrected chi connectivity index (χ3v) is 4.00. The van der Waals surface area contributed by atoms with Gasteiger partial charge in [0.05, 0.1) is 20.3 Å². The molecule has 0 aromatic heterocycles. The standard InChI is InChI=1S/C16H18O3S/c1-18-13-6-3-5-12(9-13)16(17)11-20-15-8-4-7-14(10-15)19-2/h3-10,16-17H,11H2,1-2H3. The maximum absolute atomic E-state index is 10.2. The molecule has 0 aliphatic carbocycles. The first-order valence-corrected chi connectivity index (χ1v) is 7.30. The van der Waals surface area contributed by atoms with Crippen molar-refractivity contribution < 1.29 is 14.6 Å². The Bertz CT molecular complexity index is 557. The van der Waals surface area contributed by atoms with Crippen molar-refractivity contribution in [1.29, 1.82) is 0 Å². The van der Waals surface area contributed by atoms with E-state index in [1.807, 2.05) is 48.5 Å². The summed E-state index contributed by atoms with van der Waals surface area (Å²) in [6.07, 6.45) is -0.527. The van der Waals surface area contributed by atoms with Crippen LogP contribution in [-0.2, 0) is 0 Å². The van der Waals surface area contributed by atoms with Gasteiger partial charge in [0.15, 0.2) is 0 Å². The molecule has 0 aliphatic heterocycles. The van der Waals surface area contributed by atoms with Crippen molar-refractivity contribution in [2.24, 2.45) is 0 Å². The number of hydrogen-bond donors (Lipinski definition) is 1. The highest BCUT2D eigenvalue weighted by molar-refractivity contribution is 7.99. The van der Waals surface area contributed by atoms with E-state index in [-0.39, 0.29) is 0 Å². The fourth-order valence-corrected chi connectivity index (χ4v) is 2.73. The molecule has 2 rings (SSSR count). The van der Waals surface area contributed by atoms with Crippen LogP contribution in [0.2, 0.25) is 0 Å². The van der Waals surface area contributed by atoms with E-state index in [4.69, 9.17) is 9.47 Å². The summed E-state index contributed by atoms with van der Waals surface area (Å²) in [6, 6.07) is 15.3. The highest BCUT2D eigenvalue weighted by Crippen LogP contribution is 2.28. The second kappa shape index (κ2) is 7.22. The van der Waals surface area contributed by atoms with Crippen molar-refractivity contribution in [1.82, 2.24) is 0 Å². The van der Waals surface area contributed by atoms with Crippen molar-refractivity contribution in [2.75, 3.05) is 20.0 Å². The second-order valence-electron chi connectivity index (χ2n) is 4.28. The average molecular weight is 290 g/mol. The van der Waals surface area contributed by atoms with Crippen molar-refractivity contribution in [3.8, 4) is 11.5 Å². The van der Waals surface area contributed by atoms with E-state index >= 15 is 0 Å². The van der Waals surface area contributed by atoms with Crippen LogP contribution < -0.4 is 9.47 Å². The van der Waals surface area contributed by atoms with Crippen LogP contribution in [0.3, 0.4) is 0 Å². The van der Waals surface area contributed by atoms with Gasteiger partial charge in [-0.05, 0) is 35.9 Å². The lowest BCUT2D eigenvalue weighted by atomic mass is 10.1. The molecule has 0 spiro atoms. The minimum atomic E-state index is -0.527. The van der Waals surface area contributed by atoms with Gasteiger partial charge in [-0.25, -0.2) is 0 Å². The highest BCUT2D eigenvalue weighted by atomic mass is 32.2. The predicted molar refractivity (Wildman–Crippen MR) is 81.7 cm³/mol. The van der Waals surface area contributed by atoms with Crippen molar-refractivity contribution in [3.63, 3.8) is 0 Å². The number of thioether (sulfide) groups is 1. The molecule has 2 aromatic rings. The number of rotatable bonds is 6. The molecule has 0 bridgehead atoms. The lowest BCUT2D eigenvalue weighted by molar-refractivity contribution is 0.203. The Morgan fingerprint density at radius 3 is 2.35 bits per heavy atom. The quantitative estimate of drug-likeness (QED) is 0.826. The molecule has 20 heavy (non-hydrogen) atoms. The third kappa shape index (κ3) is 3.92. The summed E-state index contributed by atoms with van der Waals surface area (Å²) in [4.78, 5) is 1.08. The topological polar surface area (TPSA) is 38.7 Å². The molecular formula is C16H18O3S. The summed E-state index contributed by atoms with van der Waals surface area (Å²) in [5.41, 5.74) is 0.861. The van der Waals surface area contributed by atoms with Crippen LogP contribution in [0.4, 0.5) is 0 Å². The van der Waals surface area contributed by atoms with Crippen LogP contribution in [0.25, 0.3) is 0 Å². The van der Waals surface area contributed by atoms with Crippen LogP contribution in [0.1, 0.15) is 11.7 Å². The molecular weight excluding hydrogens is 272 g/mol. The molecule has 3 nitrogen and oxygen atoms in total. The molecule has 1 unspecified atom stereocenters. The molecule has 0 heterocycles. The van der Waals surface area contributed by atoms with Crippen LogP contribution in [0.15, 0.2) is 53.4 Å². The summed E-state index contributed by atoms with van der Waals surface area (Å²) < 4.78 is 10.3. The van der Waals surface area contributed by atoms with Gasteiger partial charge in [-0.2, -0.15) is 0 Å². The zero-order valence-corrected chi connectivity index (χ0v) is 12.4. The van der Waals surface area contributed by atoms with Gasteiger partial charge in [0.2, 0.25) is 0 Å². The average Bonchev–Trinajstić information content (AvgIpc) is 2.52. The molecule has 1 atom stereocenters. The number of hydrogen-bond acceptors (Lipinski definition) is 4. The summed E-state index contributed by atoms with van der Waals surface area (Å²) >= 11 is 1.60. The zero-order valence-electron chi connectivity index (χ0n) is 11.6. The maximum atomic E-state index is 10.2. The number of methoxy groups -OCH3 is 2. The van der Waals surface area contributed by atoms with Gasteiger partial charge in [0, 0.05) is 10.6 Å². The van der Waals surface area contributed by atoms with Crippen LogP contribution in [-0.4, -0.2) is 25.1 Å². The molecule has 2 aromatic carbocycles. The Morgan fingerprint density at radius 2 is 1.65 bits per heavy atom. The van der Waals surface area contributed by atoms with Crippen molar-refractivity contribution in [2.45, 2.75) is 11.0 Å². The van der Waals surface area contributed by atoms with E-state index < -0.39 is 6.10 Å². The maximum Gasteiger partial charge on any atom is 0.119 e. The van der Waals surface area contributed by atoms with Crippen LogP contribution in [0.5, 0.6) is 11.5 Å². The van der Waals surface area contributed by atoms with Crippen LogP contribution in [0, 0.1) is 0 Å². The minimum Gasteiger partial charge on any atom is -0.497 e. The van der Waals surface area contributed by atoms with Gasteiger partial charge in [0.25, 0.3) is 0 Å². The number of aliphatic hydroxyl groups excluding tert-OH is 1. The molecule has 0 saturated heterocycles. The van der Waals surface area contributed by atoms with Gasteiger partial charge in [-0.3, -0.25) is 0 Å². The van der Waals surface area contributed by atoms with Gasteiger partial charge in [-0.15, -0.1) is 11.8 Å². The molecule has 106 valence electrons. The predicted octanol–water partition coefficient (Wildman–Crippen LogP) is 3.53. The number of ether oxygens (including phenoxy) is 2. The molecule has 0 aliphatic rings. The van der Waals surface area contributed by atoms with E-state index in [9.17, 15) is 5.11 Å². The van der Waals surface area contributed by atoms with E-state index in [1.165, 1.54) is 0 Å². The normalized spacial score (nSPS) is 11.9. The molecule has 0 amide bonds. The Kier molecular flexibility index (Phi) is 5.32. The van der Waals surface area contributed by atoms with Gasteiger partial charge >= 0.3 is 0 Å². The third-order valence-electron chi connectivity index (χ3n) is 2.93. The van der Waals surface area contributed by atoms with Crippen molar-refractivity contribution in [3.05, 3.63) is 54.1 Å². The fraction of sp³-hybridized carbons (Fsp3) is 0.250. The first-order chi connectivity index (χ1) is 9.72. The Hall–Kier alpha value is -1.65. The smallest absolute Gasteiger partial charge is 0.119 e. The summed E-state index contributed by atoms with van der Waals surface area (Å²) in [6.45, 7) is 0. The number of benzene rings is 2. The van der Waals surface area contributed by atoms with Gasteiger partial charge in [-0.1, -0.05) is 18.2 Å². The van der Waals surface area contributed by atoms with E-state index in [0.717, 1.165) is 22.0 Å². The summed E-state index contributed by atoms with van der Waals surface area (Å²) in [5.74, 6) is 2.17. The molecule has 1 N–H and O–H groups in total. The van der Waals surface area contributed by atoms with E-state index in [1.54, 1.807) is 26.0 Å². The monoisotopic (exact) mass is 290 g/mol. The largest absolute Gasteiger partial charge is 0.497 e. The molecule has 0 fully saturated rings. The highest BCUT2D eigenvalue weighted by Gasteiger charge is 2.09. The zero-order chi connectivity index (χ0) is 14.4. The Balaban J connectivity index is 1.98. The second-order valence-corrected chi connectivity index (χ2v) is 5.38. The van der Waals surface area contributed by atoms with Gasteiger partial charge < -0.3 is 14.6 Å². The SMILES string of the molecule is COc1cccc(SCC(O)c2cccc(OC)c2)c1. The Labute approximate surface area is 123 Å². The Morgan fingerprint density at radius 1 is 1.00 bits per heavy atom. The van der Waals surface area contributed by atoms with E-state index in [2.05, 4.69) is 0 Å². The lowest BCUT2D eigenvalue weighted by Crippen LogP contribution is -2.00. The summed E-state index contributed by atoms with van der Waals surface area (Å²) in [7, 11) is 3.27. The molecule has 4 heteroatoms. The van der Waals surface area contributed by atoms with Crippen molar-refractivity contribution >= 4 is 11.8 Å². The van der Waals surface area contributed by atoms with Gasteiger partial charge in [0.1, 0.15) is 11.5 Å². The van der Waals surface area contributed by atoms with Crippen LogP contribution >= 0.6 is 11.8 Å². The molecule has 0 saturated carbocycles. The molecule has 0 radical (unpaired) electrons. The minimum absolute atomic E-state index is 0.527. The number of aliphatic hydroxyl groups is 1. The summed E-state index contributed by atoms with van der Waals surface area (Å²) in [5, 5.41) is 10.2. The lowest BCUT2D eigenvalue weighted by Gasteiger charge is -2.12. The first kappa shape index (κ1) is 14.8. The van der Waals surface area contributed by atoms with E-state index in [0.29, 0.717) is 5.75 Å². The first-order valence-electron chi connectivity index (χ1n) is 6.32.